The van der Waals surface area contributed by atoms with E-state index in [1.165, 1.54) is 28.6 Å². The highest BCUT2D eigenvalue weighted by Gasteiger charge is 2.22. The number of sulfonamides is 2. The SMILES string of the molecule is CCN(CCCNS(=O)(=O)c1ccc(S(=O)(=O)N(CC)CC)cc1)c1ccccc1. The molecule has 0 atom stereocenters. The molecule has 30 heavy (non-hydrogen) atoms. The van der Waals surface area contributed by atoms with Crippen LogP contribution in [0.3, 0.4) is 0 Å². The van der Waals surface area contributed by atoms with Crippen molar-refractivity contribution in [2.45, 2.75) is 37.0 Å². The van der Waals surface area contributed by atoms with Gasteiger partial charge in [0.1, 0.15) is 0 Å². The van der Waals surface area contributed by atoms with E-state index < -0.39 is 20.0 Å². The standard InChI is InChI=1S/C21H31N3O4S2/c1-4-23(19-11-8-7-9-12-19)18-10-17-22-29(25,26)20-13-15-21(16-14-20)30(27,28)24(5-2)6-3/h7-9,11-16,22H,4-6,10,17-18H2,1-3H3. The minimum Gasteiger partial charge on any atom is -0.372 e. The van der Waals surface area contributed by atoms with E-state index in [0.717, 1.165) is 18.8 Å². The van der Waals surface area contributed by atoms with Crippen molar-refractivity contribution in [2.24, 2.45) is 0 Å². The maximum atomic E-state index is 12.5. The van der Waals surface area contributed by atoms with Gasteiger partial charge in [-0.25, -0.2) is 21.6 Å². The maximum Gasteiger partial charge on any atom is 0.243 e. The molecule has 0 aromatic heterocycles. The summed E-state index contributed by atoms with van der Waals surface area (Å²) in [6.45, 7) is 8.17. The molecule has 0 bridgehead atoms. The highest BCUT2D eigenvalue weighted by molar-refractivity contribution is 7.89. The van der Waals surface area contributed by atoms with E-state index in [9.17, 15) is 16.8 Å². The second-order valence-electron chi connectivity index (χ2n) is 6.73. The van der Waals surface area contributed by atoms with E-state index in [2.05, 4.69) is 16.5 Å². The molecule has 0 fully saturated rings. The number of hydrogen-bond donors (Lipinski definition) is 1. The number of nitrogens with zero attached hydrogens (tertiary/aromatic N) is 2. The van der Waals surface area contributed by atoms with Gasteiger partial charge in [0.2, 0.25) is 20.0 Å². The van der Waals surface area contributed by atoms with Crippen LogP contribution >= 0.6 is 0 Å². The zero-order valence-corrected chi connectivity index (χ0v) is 19.4. The van der Waals surface area contributed by atoms with E-state index in [1.54, 1.807) is 13.8 Å². The Morgan fingerprint density at radius 1 is 0.767 bits per heavy atom. The molecule has 0 aliphatic rings. The number of para-hydroxylation sites is 1. The molecule has 0 aliphatic heterocycles. The van der Waals surface area contributed by atoms with Gasteiger partial charge in [0.05, 0.1) is 9.79 Å². The van der Waals surface area contributed by atoms with Crippen molar-refractivity contribution in [3.63, 3.8) is 0 Å². The second kappa shape index (κ2) is 10.9. The van der Waals surface area contributed by atoms with Crippen LogP contribution in [0.25, 0.3) is 0 Å². The zero-order valence-electron chi connectivity index (χ0n) is 17.8. The summed E-state index contributed by atoms with van der Waals surface area (Å²) in [6, 6.07) is 15.3. The molecule has 0 radical (unpaired) electrons. The van der Waals surface area contributed by atoms with E-state index >= 15 is 0 Å². The van der Waals surface area contributed by atoms with Crippen molar-refractivity contribution in [3.8, 4) is 0 Å². The van der Waals surface area contributed by atoms with Crippen molar-refractivity contribution in [3.05, 3.63) is 54.6 Å². The molecule has 0 unspecified atom stereocenters. The van der Waals surface area contributed by atoms with Crippen molar-refractivity contribution >= 4 is 25.7 Å². The molecule has 2 aromatic rings. The maximum absolute atomic E-state index is 12.5. The van der Waals surface area contributed by atoms with Gasteiger partial charge in [-0.1, -0.05) is 32.0 Å². The lowest BCUT2D eigenvalue weighted by atomic mass is 10.2. The smallest absolute Gasteiger partial charge is 0.243 e. The Morgan fingerprint density at radius 3 is 1.87 bits per heavy atom. The van der Waals surface area contributed by atoms with E-state index in [4.69, 9.17) is 0 Å². The first-order chi connectivity index (χ1) is 14.3. The van der Waals surface area contributed by atoms with Gasteiger partial charge >= 0.3 is 0 Å². The van der Waals surface area contributed by atoms with Gasteiger partial charge in [0.15, 0.2) is 0 Å². The predicted molar refractivity (Wildman–Crippen MR) is 121 cm³/mol. The molecule has 2 rings (SSSR count). The van der Waals surface area contributed by atoms with Crippen molar-refractivity contribution in [1.82, 2.24) is 9.03 Å². The number of anilines is 1. The summed E-state index contributed by atoms with van der Waals surface area (Å²) in [5, 5.41) is 0. The van der Waals surface area contributed by atoms with Gasteiger partial charge in [-0.3, -0.25) is 0 Å². The lowest BCUT2D eigenvalue weighted by Gasteiger charge is -2.23. The largest absolute Gasteiger partial charge is 0.372 e. The van der Waals surface area contributed by atoms with Gasteiger partial charge in [-0.15, -0.1) is 0 Å². The zero-order chi connectivity index (χ0) is 22.2. The Hall–Kier alpha value is -1.94. The minimum absolute atomic E-state index is 0.0522. The summed E-state index contributed by atoms with van der Waals surface area (Å²) < 4.78 is 54.1. The van der Waals surface area contributed by atoms with Crippen LogP contribution in [0.1, 0.15) is 27.2 Å². The molecule has 0 aliphatic carbocycles. The lowest BCUT2D eigenvalue weighted by molar-refractivity contribution is 0.445. The van der Waals surface area contributed by atoms with Crippen LogP contribution < -0.4 is 9.62 Å². The van der Waals surface area contributed by atoms with Crippen LogP contribution in [-0.2, 0) is 20.0 Å². The number of nitrogens with one attached hydrogen (secondary N) is 1. The van der Waals surface area contributed by atoms with Crippen molar-refractivity contribution in [2.75, 3.05) is 37.6 Å². The molecule has 0 saturated heterocycles. The van der Waals surface area contributed by atoms with Crippen LogP contribution in [0.5, 0.6) is 0 Å². The molecule has 166 valence electrons. The first-order valence-electron chi connectivity index (χ1n) is 10.2. The van der Waals surface area contributed by atoms with Gasteiger partial charge < -0.3 is 4.90 Å². The van der Waals surface area contributed by atoms with Crippen LogP contribution in [0.4, 0.5) is 5.69 Å². The third kappa shape index (κ3) is 6.04. The number of benzene rings is 2. The van der Waals surface area contributed by atoms with Crippen LogP contribution in [0.15, 0.2) is 64.4 Å². The Bertz CT molecular complexity index is 988. The van der Waals surface area contributed by atoms with Crippen LogP contribution in [0.2, 0.25) is 0 Å². The third-order valence-corrected chi connectivity index (χ3v) is 8.42. The quantitative estimate of drug-likeness (QED) is 0.500. The molecule has 0 amide bonds. The monoisotopic (exact) mass is 453 g/mol. The first kappa shape index (κ1) is 24.3. The van der Waals surface area contributed by atoms with Crippen LogP contribution in [-0.4, -0.2) is 53.9 Å². The first-order valence-corrected chi connectivity index (χ1v) is 13.1. The Labute approximate surface area is 180 Å². The fraction of sp³-hybridized carbons (Fsp3) is 0.429. The molecule has 2 aromatic carbocycles. The Kier molecular flexibility index (Phi) is 8.84. The molecular weight excluding hydrogens is 422 g/mol. The highest BCUT2D eigenvalue weighted by Crippen LogP contribution is 2.18. The summed E-state index contributed by atoms with van der Waals surface area (Å²) >= 11 is 0. The fourth-order valence-electron chi connectivity index (χ4n) is 3.17. The van der Waals surface area contributed by atoms with E-state index in [1.807, 2.05) is 30.3 Å². The Morgan fingerprint density at radius 2 is 1.33 bits per heavy atom. The molecule has 0 heterocycles. The average Bonchev–Trinajstić information content (AvgIpc) is 2.75. The normalized spacial score (nSPS) is 12.3. The summed E-state index contributed by atoms with van der Waals surface area (Å²) in [7, 11) is -7.31. The van der Waals surface area contributed by atoms with Gasteiger partial charge in [0.25, 0.3) is 0 Å². The number of rotatable bonds is 12. The van der Waals surface area contributed by atoms with Gasteiger partial charge in [-0.2, -0.15) is 4.31 Å². The Balaban J connectivity index is 1.97. The summed E-state index contributed by atoms with van der Waals surface area (Å²) in [5.41, 5.74) is 1.10. The highest BCUT2D eigenvalue weighted by atomic mass is 32.2. The average molecular weight is 454 g/mol. The second-order valence-corrected chi connectivity index (χ2v) is 10.4. The summed E-state index contributed by atoms with van der Waals surface area (Å²) in [4.78, 5) is 2.32. The molecule has 1 N–H and O–H groups in total. The fourth-order valence-corrected chi connectivity index (χ4v) is 5.70. The summed E-state index contributed by atoms with van der Waals surface area (Å²) in [6.07, 6.45) is 0.649. The van der Waals surface area contributed by atoms with Crippen molar-refractivity contribution < 1.29 is 16.8 Å². The number of hydrogen-bond acceptors (Lipinski definition) is 5. The van der Waals surface area contributed by atoms with Crippen LogP contribution in [0, 0.1) is 0 Å². The van der Waals surface area contributed by atoms with Gasteiger partial charge in [-0.05, 0) is 49.7 Å². The summed E-state index contributed by atoms with van der Waals surface area (Å²) in [5.74, 6) is 0. The minimum atomic E-state index is -3.70. The predicted octanol–water partition coefficient (Wildman–Crippen LogP) is 2.91. The molecular formula is C21H31N3O4S2. The van der Waals surface area contributed by atoms with Crippen molar-refractivity contribution in [1.29, 1.82) is 0 Å². The molecule has 7 nitrogen and oxygen atoms in total. The topological polar surface area (TPSA) is 86.8 Å². The van der Waals surface area contributed by atoms with E-state index in [-0.39, 0.29) is 9.79 Å². The van der Waals surface area contributed by atoms with E-state index in [0.29, 0.717) is 26.1 Å². The van der Waals surface area contributed by atoms with Gasteiger partial charge in [0, 0.05) is 38.4 Å². The lowest BCUT2D eigenvalue weighted by Crippen LogP contribution is -2.31. The molecule has 0 saturated carbocycles. The molecule has 0 spiro atoms. The third-order valence-electron chi connectivity index (χ3n) is 4.88. The molecule has 9 heteroatoms.